The highest BCUT2D eigenvalue weighted by molar-refractivity contribution is 9.10. The Morgan fingerprint density at radius 3 is 2.15 bits per heavy atom. The van der Waals surface area contributed by atoms with Gasteiger partial charge in [0.25, 0.3) is 0 Å². The maximum Gasteiger partial charge on any atom is 0.193 e. The molecule has 3 aromatic carbocycles. The number of benzene rings is 3. The third-order valence-electron chi connectivity index (χ3n) is 3.71. The molecule has 3 aromatic rings. The van der Waals surface area contributed by atoms with Crippen LogP contribution in [0.2, 0.25) is 0 Å². The predicted octanol–water partition coefficient (Wildman–Crippen LogP) is 5.79. The van der Waals surface area contributed by atoms with Crippen LogP contribution in [0, 0.1) is 0 Å². The van der Waals surface area contributed by atoms with E-state index in [-0.39, 0.29) is 5.78 Å². The summed E-state index contributed by atoms with van der Waals surface area (Å²) in [5.41, 5.74) is 3.41. The highest BCUT2D eigenvalue weighted by Crippen LogP contribution is 2.28. The van der Waals surface area contributed by atoms with Gasteiger partial charge in [-0.15, -0.1) is 5.10 Å². The van der Waals surface area contributed by atoms with Crippen LogP contribution in [-0.4, -0.2) is 18.5 Å². The van der Waals surface area contributed by atoms with Crippen molar-refractivity contribution in [3.63, 3.8) is 0 Å². The van der Waals surface area contributed by atoms with Crippen molar-refractivity contribution in [1.29, 1.82) is 0 Å². The van der Waals surface area contributed by atoms with Crippen molar-refractivity contribution in [3.8, 4) is 11.1 Å². The van der Waals surface area contributed by atoms with E-state index in [9.17, 15) is 4.79 Å². The quantitative estimate of drug-likeness (QED) is 0.509. The molecule has 0 atom stereocenters. The predicted molar refractivity (Wildman–Crippen MR) is 108 cm³/mol. The summed E-state index contributed by atoms with van der Waals surface area (Å²) in [6, 6.07) is 25.1. The molecule has 1 aliphatic rings. The van der Waals surface area contributed by atoms with Gasteiger partial charge in [-0.05, 0) is 34.5 Å². The fraction of sp³-hybridized carbons (Fsp3) is 0.0476. The van der Waals surface area contributed by atoms with Crippen molar-refractivity contribution in [2.24, 2.45) is 15.4 Å². The van der Waals surface area contributed by atoms with Gasteiger partial charge in [0, 0.05) is 15.6 Å². The number of ketones is 1. The van der Waals surface area contributed by atoms with E-state index >= 15 is 0 Å². The van der Waals surface area contributed by atoms with E-state index in [0.717, 1.165) is 21.2 Å². The number of rotatable bonds is 3. The first-order valence-corrected chi connectivity index (χ1v) is 8.88. The molecule has 1 heterocycles. The first kappa shape index (κ1) is 17.9. The maximum absolute atomic E-state index is 12.7. The Bertz CT molecular complexity index is 928. The minimum absolute atomic E-state index is 0.0435. The SMILES string of the molecule is C1=NN=NC1.O=C(c1ccccc1)c1ccc(Br)cc1-c1ccccc1. The van der Waals surface area contributed by atoms with Crippen LogP contribution >= 0.6 is 15.9 Å². The van der Waals surface area contributed by atoms with Crippen LogP contribution in [0.4, 0.5) is 0 Å². The largest absolute Gasteiger partial charge is 0.289 e. The van der Waals surface area contributed by atoms with Gasteiger partial charge in [0.15, 0.2) is 5.78 Å². The molecule has 0 amide bonds. The summed E-state index contributed by atoms with van der Waals surface area (Å²) in [6.07, 6.45) is 1.65. The van der Waals surface area contributed by atoms with Gasteiger partial charge >= 0.3 is 0 Å². The summed E-state index contributed by atoms with van der Waals surface area (Å²) in [4.78, 5) is 12.7. The van der Waals surface area contributed by atoms with Crippen LogP contribution in [0.15, 0.2) is 98.8 Å². The number of hydrogen-bond donors (Lipinski definition) is 0. The Hall–Kier alpha value is -2.92. The molecule has 0 N–H and O–H groups in total. The van der Waals surface area contributed by atoms with E-state index in [0.29, 0.717) is 12.1 Å². The highest BCUT2D eigenvalue weighted by Gasteiger charge is 2.14. The zero-order valence-corrected chi connectivity index (χ0v) is 15.5. The molecule has 0 saturated heterocycles. The molecule has 4 nitrogen and oxygen atoms in total. The molecule has 1 aliphatic heterocycles. The second-order valence-electron chi connectivity index (χ2n) is 5.46. The lowest BCUT2D eigenvalue weighted by atomic mass is 9.94. The van der Waals surface area contributed by atoms with E-state index in [4.69, 9.17) is 0 Å². The second kappa shape index (κ2) is 8.97. The molecular weight excluding hydrogens is 390 g/mol. The Morgan fingerprint density at radius 2 is 1.58 bits per heavy atom. The molecule has 128 valence electrons. The molecule has 26 heavy (non-hydrogen) atoms. The van der Waals surface area contributed by atoms with E-state index < -0.39 is 0 Å². The lowest BCUT2D eigenvalue weighted by Gasteiger charge is -2.10. The smallest absolute Gasteiger partial charge is 0.193 e. The van der Waals surface area contributed by atoms with Crippen molar-refractivity contribution in [2.45, 2.75) is 0 Å². The van der Waals surface area contributed by atoms with Gasteiger partial charge in [0.2, 0.25) is 0 Å². The molecule has 5 heteroatoms. The highest BCUT2D eigenvalue weighted by atomic mass is 79.9. The van der Waals surface area contributed by atoms with Crippen molar-refractivity contribution < 1.29 is 4.79 Å². The Labute approximate surface area is 160 Å². The van der Waals surface area contributed by atoms with Crippen LogP contribution < -0.4 is 0 Å². The topological polar surface area (TPSA) is 54.1 Å². The normalized spacial score (nSPS) is 11.7. The maximum atomic E-state index is 12.7. The Kier molecular flexibility index (Phi) is 6.17. The average Bonchev–Trinajstić information content (AvgIpc) is 3.29. The molecule has 0 radical (unpaired) electrons. The Balaban J connectivity index is 0.000000339. The minimum atomic E-state index is 0.0435. The molecule has 0 saturated carbocycles. The van der Waals surface area contributed by atoms with Crippen molar-refractivity contribution >= 4 is 27.9 Å². The summed E-state index contributed by atoms with van der Waals surface area (Å²) in [6.45, 7) is 0.667. The molecule has 0 aliphatic carbocycles. The van der Waals surface area contributed by atoms with Gasteiger partial charge in [0.1, 0.15) is 0 Å². The summed E-state index contributed by atoms with van der Waals surface area (Å²) in [5, 5.41) is 10.2. The first-order valence-electron chi connectivity index (χ1n) is 8.09. The van der Waals surface area contributed by atoms with Crippen LogP contribution in [0.25, 0.3) is 11.1 Å². The van der Waals surface area contributed by atoms with Crippen molar-refractivity contribution in [1.82, 2.24) is 0 Å². The van der Waals surface area contributed by atoms with Gasteiger partial charge in [-0.1, -0.05) is 76.6 Å². The summed E-state index contributed by atoms with van der Waals surface area (Å²) in [5.74, 6) is 0.0435. The molecular formula is C21H16BrN3O. The number of carbonyl (C=O) groups excluding carboxylic acids is 1. The number of carbonyl (C=O) groups is 1. The van der Waals surface area contributed by atoms with Gasteiger partial charge in [0.05, 0.1) is 12.8 Å². The van der Waals surface area contributed by atoms with Crippen molar-refractivity contribution in [2.75, 3.05) is 6.54 Å². The first-order chi connectivity index (χ1) is 12.8. The van der Waals surface area contributed by atoms with Crippen LogP contribution in [0.3, 0.4) is 0 Å². The summed E-state index contributed by atoms with van der Waals surface area (Å²) in [7, 11) is 0. The molecule has 0 aromatic heterocycles. The zero-order chi connectivity index (χ0) is 18.2. The molecule has 0 spiro atoms. The van der Waals surface area contributed by atoms with Gasteiger partial charge in [-0.25, -0.2) is 0 Å². The number of nitrogens with zero attached hydrogens (tertiary/aromatic N) is 3. The fourth-order valence-corrected chi connectivity index (χ4v) is 2.86. The van der Waals surface area contributed by atoms with E-state index in [2.05, 4.69) is 31.4 Å². The Morgan fingerprint density at radius 1 is 0.885 bits per heavy atom. The number of halogens is 1. The lowest BCUT2D eigenvalue weighted by molar-refractivity contribution is 0.103. The molecule has 0 fully saturated rings. The second-order valence-corrected chi connectivity index (χ2v) is 6.38. The third kappa shape index (κ3) is 4.58. The van der Waals surface area contributed by atoms with Gasteiger partial charge in [-0.3, -0.25) is 4.79 Å². The van der Waals surface area contributed by atoms with Crippen LogP contribution in [0.5, 0.6) is 0 Å². The standard InChI is InChI=1S/C19H13BrO.C2H3N3/c20-16-11-12-17(19(21)15-9-5-2-6-10-15)18(13-16)14-7-3-1-4-8-14;1-2-4-5-3-1/h1-13H;1H,2H2. The fourth-order valence-electron chi connectivity index (χ4n) is 2.50. The lowest BCUT2D eigenvalue weighted by Crippen LogP contribution is -2.03. The zero-order valence-electron chi connectivity index (χ0n) is 13.9. The van der Waals surface area contributed by atoms with E-state index in [1.54, 1.807) is 6.21 Å². The average molecular weight is 406 g/mol. The van der Waals surface area contributed by atoms with Crippen LogP contribution in [-0.2, 0) is 0 Å². The van der Waals surface area contributed by atoms with E-state index in [1.165, 1.54) is 0 Å². The van der Waals surface area contributed by atoms with Gasteiger partial charge < -0.3 is 0 Å². The van der Waals surface area contributed by atoms with Crippen LogP contribution in [0.1, 0.15) is 15.9 Å². The molecule has 0 unspecified atom stereocenters. The monoisotopic (exact) mass is 405 g/mol. The minimum Gasteiger partial charge on any atom is -0.289 e. The summed E-state index contributed by atoms with van der Waals surface area (Å²) < 4.78 is 0.964. The third-order valence-corrected chi connectivity index (χ3v) is 4.20. The van der Waals surface area contributed by atoms with E-state index in [1.807, 2.05) is 78.9 Å². The van der Waals surface area contributed by atoms with Gasteiger partial charge in [-0.2, -0.15) is 5.11 Å². The van der Waals surface area contributed by atoms with Crippen molar-refractivity contribution in [3.05, 3.63) is 94.5 Å². The summed E-state index contributed by atoms with van der Waals surface area (Å²) >= 11 is 3.49. The molecule has 4 rings (SSSR count). The number of hydrogen-bond acceptors (Lipinski definition) is 4. The molecule has 0 bridgehead atoms.